The van der Waals surface area contributed by atoms with E-state index in [9.17, 15) is 14.4 Å². The molecule has 0 saturated heterocycles. The zero-order valence-corrected chi connectivity index (χ0v) is 48.9. The topological polar surface area (TPSA) is 78.9 Å². The van der Waals surface area contributed by atoms with Crippen LogP contribution in [0.2, 0.25) is 0 Å². The Morgan fingerprint density at radius 1 is 0.260 bits per heavy atom. The molecule has 0 bridgehead atoms. The SMILES string of the molecule is CC/C=C\C/C=C\C/C=C\C/C=C\C/C=C\C/C=C\C/C=C\CCCCCC(=O)OCC(COC(=O)CCCCCC/C=C\C/C=C\C/C=C\C/C=C\CC)OC(=O)CCCCCC/C=C\C/C=C\C/C=C\C/C=C\CC. The highest BCUT2D eigenvalue weighted by molar-refractivity contribution is 5.71. The second-order valence-corrected chi connectivity index (χ2v) is 19.1. The number of ether oxygens (including phenoxy) is 3. The fourth-order valence-corrected chi connectivity index (χ4v) is 7.46. The number of carbonyl (C=O) groups excluding carboxylic acids is 3. The highest BCUT2D eigenvalue weighted by Crippen LogP contribution is 2.12. The van der Waals surface area contributed by atoms with Gasteiger partial charge in [-0.2, -0.15) is 0 Å². The Morgan fingerprint density at radius 2 is 0.468 bits per heavy atom. The maximum absolute atomic E-state index is 12.9. The van der Waals surface area contributed by atoms with Crippen LogP contribution in [0.3, 0.4) is 0 Å². The summed E-state index contributed by atoms with van der Waals surface area (Å²) in [5.41, 5.74) is 0. The van der Waals surface area contributed by atoms with Crippen molar-refractivity contribution in [3.05, 3.63) is 182 Å². The van der Waals surface area contributed by atoms with E-state index in [4.69, 9.17) is 14.2 Å². The van der Waals surface area contributed by atoms with Crippen LogP contribution in [-0.4, -0.2) is 37.2 Å². The lowest BCUT2D eigenvalue weighted by Crippen LogP contribution is -2.30. The lowest BCUT2D eigenvalue weighted by Gasteiger charge is -2.18. The van der Waals surface area contributed by atoms with Crippen molar-refractivity contribution in [2.24, 2.45) is 0 Å². The van der Waals surface area contributed by atoms with Gasteiger partial charge in [0.1, 0.15) is 13.2 Å². The average Bonchev–Trinajstić information content (AvgIpc) is 3.43. The molecular weight excluding hydrogens is 949 g/mol. The van der Waals surface area contributed by atoms with Crippen molar-refractivity contribution in [3.8, 4) is 0 Å². The molecule has 1 atom stereocenters. The number of rotatable bonds is 52. The number of unbranched alkanes of at least 4 members (excludes halogenated alkanes) is 11. The van der Waals surface area contributed by atoms with Gasteiger partial charge in [-0.15, -0.1) is 0 Å². The zero-order valence-electron chi connectivity index (χ0n) is 48.9. The molecule has 428 valence electrons. The molecule has 0 N–H and O–H groups in total. The van der Waals surface area contributed by atoms with E-state index in [2.05, 4.69) is 203 Å². The maximum atomic E-state index is 12.9. The Labute approximate surface area is 472 Å². The summed E-state index contributed by atoms with van der Waals surface area (Å²) in [5, 5.41) is 0. The largest absolute Gasteiger partial charge is 0.462 e. The molecule has 0 spiro atoms. The number of hydrogen-bond acceptors (Lipinski definition) is 6. The molecule has 0 saturated carbocycles. The monoisotopic (exact) mass is 1060 g/mol. The fourth-order valence-electron chi connectivity index (χ4n) is 7.46. The molecule has 6 heteroatoms. The third kappa shape index (κ3) is 61.2. The first-order valence-corrected chi connectivity index (χ1v) is 30.3. The van der Waals surface area contributed by atoms with Gasteiger partial charge >= 0.3 is 17.9 Å². The average molecular weight is 1060 g/mol. The first-order chi connectivity index (χ1) is 38.0. The van der Waals surface area contributed by atoms with Crippen LogP contribution >= 0.6 is 0 Å². The molecule has 0 radical (unpaired) electrons. The molecule has 6 nitrogen and oxygen atoms in total. The Kier molecular flexibility index (Phi) is 58.6. The van der Waals surface area contributed by atoms with Crippen molar-refractivity contribution in [3.63, 3.8) is 0 Å². The first kappa shape index (κ1) is 71.5. The molecule has 0 aliphatic carbocycles. The number of allylic oxidation sites excluding steroid dienone is 30. The predicted octanol–water partition coefficient (Wildman–Crippen LogP) is 20.9. The number of hydrogen-bond donors (Lipinski definition) is 0. The van der Waals surface area contributed by atoms with E-state index < -0.39 is 6.10 Å². The Morgan fingerprint density at radius 3 is 0.727 bits per heavy atom. The van der Waals surface area contributed by atoms with Gasteiger partial charge in [-0.05, 0) is 154 Å². The molecule has 1 unspecified atom stereocenters. The molecular formula is C71H108O6. The summed E-state index contributed by atoms with van der Waals surface area (Å²) in [6.07, 6.45) is 94.5. The fraction of sp³-hybridized carbons (Fsp3) is 0.535. The van der Waals surface area contributed by atoms with Crippen molar-refractivity contribution in [2.75, 3.05) is 13.2 Å². The molecule has 0 aliphatic heterocycles. The van der Waals surface area contributed by atoms with Crippen molar-refractivity contribution >= 4 is 17.9 Å². The normalized spacial score (nSPS) is 13.4. The summed E-state index contributed by atoms with van der Waals surface area (Å²) in [5.74, 6) is -1.01. The quantitative estimate of drug-likeness (QED) is 0.0261. The van der Waals surface area contributed by atoms with Gasteiger partial charge in [-0.1, -0.05) is 235 Å². The lowest BCUT2D eigenvalue weighted by molar-refractivity contribution is -0.167. The number of esters is 3. The molecule has 77 heavy (non-hydrogen) atoms. The Bertz CT molecular complexity index is 1840. The minimum atomic E-state index is -0.828. The van der Waals surface area contributed by atoms with E-state index in [-0.39, 0.29) is 37.5 Å². The van der Waals surface area contributed by atoms with E-state index in [1.807, 2.05) is 0 Å². The van der Waals surface area contributed by atoms with Gasteiger partial charge < -0.3 is 14.2 Å². The zero-order chi connectivity index (χ0) is 55.7. The maximum Gasteiger partial charge on any atom is 0.306 e. The second-order valence-electron chi connectivity index (χ2n) is 19.1. The van der Waals surface area contributed by atoms with Gasteiger partial charge in [-0.25, -0.2) is 0 Å². The highest BCUT2D eigenvalue weighted by atomic mass is 16.6. The van der Waals surface area contributed by atoms with Crippen LogP contribution in [0.25, 0.3) is 0 Å². The smallest absolute Gasteiger partial charge is 0.306 e. The Balaban J connectivity index is 4.56. The molecule has 0 aromatic carbocycles. The van der Waals surface area contributed by atoms with Crippen molar-refractivity contribution in [1.82, 2.24) is 0 Å². The Hall–Kier alpha value is -5.49. The van der Waals surface area contributed by atoms with Crippen molar-refractivity contribution in [1.29, 1.82) is 0 Å². The van der Waals surface area contributed by atoms with Crippen molar-refractivity contribution < 1.29 is 28.6 Å². The van der Waals surface area contributed by atoms with Gasteiger partial charge in [0.05, 0.1) is 0 Å². The molecule has 0 heterocycles. The van der Waals surface area contributed by atoms with Crippen LogP contribution in [0.4, 0.5) is 0 Å². The van der Waals surface area contributed by atoms with Crippen molar-refractivity contribution in [2.45, 2.75) is 232 Å². The van der Waals surface area contributed by atoms with Gasteiger partial charge in [0.25, 0.3) is 0 Å². The molecule has 0 amide bonds. The first-order valence-electron chi connectivity index (χ1n) is 30.3. The third-order valence-electron chi connectivity index (χ3n) is 11.9. The van der Waals surface area contributed by atoms with Gasteiger partial charge in [-0.3, -0.25) is 14.4 Å². The molecule has 0 rings (SSSR count). The molecule has 0 aromatic rings. The van der Waals surface area contributed by atoms with Gasteiger partial charge in [0.2, 0.25) is 0 Å². The van der Waals surface area contributed by atoms with E-state index in [1.54, 1.807) is 0 Å². The van der Waals surface area contributed by atoms with E-state index in [0.29, 0.717) is 12.8 Å². The van der Waals surface area contributed by atoms with E-state index >= 15 is 0 Å². The minimum absolute atomic E-state index is 0.122. The summed E-state index contributed by atoms with van der Waals surface area (Å²) in [7, 11) is 0. The molecule has 0 fully saturated rings. The number of carbonyl (C=O) groups is 3. The minimum Gasteiger partial charge on any atom is -0.462 e. The van der Waals surface area contributed by atoms with Crippen LogP contribution in [0.5, 0.6) is 0 Å². The standard InChI is InChI=1S/C71H108O6/c1-4-7-10-13-16-19-22-25-28-31-32-33-34-35-36-37-38-41-43-46-49-52-55-58-61-64-70(73)76-67-68(77-71(74)65-62-59-56-53-50-47-44-40-30-27-24-21-18-15-12-9-6-3)66-75-69(72)63-60-57-54-51-48-45-42-39-29-26-23-20-17-14-11-8-5-2/h7-12,16-21,25-30,32-33,35-36,38,41-42,44-47,49,68H,4-6,13-15,22-24,31,34,37,39-40,43,48,50-67H2,1-3H3/b10-7-,11-8-,12-9-,19-16-,20-17-,21-18-,28-25-,29-26-,30-27-,33-32-,36-35-,41-38-,45-42-,47-44-,49-46-. The van der Waals surface area contributed by atoms with Gasteiger partial charge in [0.15, 0.2) is 6.10 Å². The van der Waals surface area contributed by atoms with E-state index in [1.165, 1.54) is 0 Å². The highest BCUT2D eigenvalue weighted by Gasteiger charge is 2.19. The lowest BCUT2D eigenvalue weighted by atomic mass is 10.1. The predicted molar refractivity (Wildman–Crippen MR) is 334 cm³/mol. The molecule has 0 aliphatic rings. The summed E-state index contributed by atoms with van der Waals surface area (Å²) >= 11 is 0. The third-order valence-corrected chi connectivity index (χ3v) is 11.9. The van der Waals surface area contributed by atoms with E-state index in [0.717, 1.165) is 186 Å². The summed E-state index contributed by atoms with van der Waals surface area (Å²) in [6, 6.07) is 0. The second kappa shape index (κ2) is 63.0. The van der Waals surface area contributed by atoms with Crippen LogP contribution in [0, 0.1) is 0 Å². The summed E-state index contributed by atoms with van der Waals surface area (Å²) in [4.78, 5) is 38.3. The van der Waals surface area contributed by atoms with Crippen LogP contribution in [0.1, 0.15) is 226 Å². The van der Waals surface area contributed by atoms with Crippen LogP contribution in [-0.2, 0) is 28.6 Å². The molecule has 0 aromatic heterocycles. The summed E-state index contributed by atoms with van der Waals surface area (Å²) < 4.78 is 16.8. The van der Waals surface area contributed by atoms with Gasteiger partial charge in [0, 0.05) is 19.3 Å². The summed E-state index contributed by atoms with van der Waals surface area (Å²) in [6.45, 7) is 6.21. The van der Waals surface area contributed by atoms with Crippen LogP contribution in [0.15, 0.2) is 182 Å². The van der Waals surface area contributed by atoms with Crippen LogP contribution < -0.4 is 0 Å².